The molecule has 0 unspecified atom stereocenters. The molecular weight excluding hydrogens is 338 g/mol. The number of aromatic nitrogens is 4. The molecule has 0 radical (unpaired) electrons. The van der Waals surface area contributed by atoms with E-state index >= 15 is 0 Å². The van der Waals surface area contributed by atoms with Crippen LogP contribution in [0.3, 0.4) is 0 Å². The van der Waals surface area contributed by atoms with Crippen LogP contribution in [0.25, 0.3) is 0 Å². The van der Waals surface area contributed by atoms with E-state index in [1.807, 2.05) is 56.9 Å². The van der Waals surface area contributed by atoms with Crippen LogP contribution in [0, 0.1) is 0 Å². The normalized spacial score (nSPS) is 11.2. The van der Waals surface area contributed by atoms with Gasteiger partial charge in [0.05, 0.1) is 19.4 Å². The molecule has 0 aliphatic heterocycles. The van der Waals surface area contributed by atoms with Crippen molar-refractivity contribution in [3.05, 3.63) is 29.8 Å². The molecule has 7 nitrogen and oxygen atoms in total. The van der Waals surface area contributed by atoms with Crippen LogP contribution in [0.15, 0.2) is 29.4 Å². The quantitative estimate of drug-likeness (QED) is 0.671. The maximum Gasteiger partial charge on any atom is 0.233 e. The highest BCUT2D eigenvalue weighted by atomic mass is 32.2. The molecule has 25 heavy (non-hydrogen) atoms. The molecule has 1 aromatic heterocycles. The van der Waals surface area contributed by atoms with Gasteiger partial charge in [0.2, 0.25) is 11.1 Å². The number of amides is 1. The van der Waals surface area contributed by atoms with Crippen LogP contribution in [-0.2, 0) is 11.3 Å². The van der Waals surface area contributed by atoms with Crippen molar-refractivity contribution in [3.8, 4) is 5.75 Å². The molecular formula is C17H25N5O2S. The van der Waals surface area contributed by atoms with Gasteiger partial charge in [0.1, 0.15) is 5.75 Å². The van der Waals surface area contributed by atoms with E-state index in [2.05, 4.69) is 15.5 Å². The first kappa shape index (κ1) is 19.2. The molecule has 0 N–H and O–H groups in total. The van der Waals surface area contributed by atoms with Gasteiger partial charge in [-0.1, -0.05) is 23.9 Å². The molecule has 0 aliphatic rings. The van der Waals surface area contributed by atoms with Gasteiger partial charge < -0.3 is 9.64 Å². The number of carbonyl (C=O) groups excluding carboxylic acids is 1. The lowest BCUT2D eigenvalue weighted by Gasteiger charge is -2.30. The van der Waals surface area contributed by atoms with Crippen molar-refractivity contribution in [2.24, 2.45) is 0 Å². The van der Waals surface area contributed by atoms with Gasteiger partial charge in [-0.3, -0.25) is 4.79 Å². The van der Waals surface area contributed by atoms with E-state index in [1.165, 1.54) is 11.8 Å². The highest BCUT2D eigenvalue weighted by molar-refractivity contribution is 7.99. The predicted molar refractivity (Wildman–Crippen MR) is 97.8 cm³/mol. The lowest BCUT2D eigenvalue weighted by molar-refractivity contribution is -0.131. The summed E-state index contributed by atoms with van der Waals surface area (Å²) in [5, 5.41) is 12.4. The second-order valence-corrected chi connectivity index (χ2v) is 7.19. The van der Waals surface area contributed by atoms with Crippen molar-refractivity contribution in [3.63, 3.8) is 0 Å². The molecule has 136 valence electrons. The number of hydrogen-bond acceptors (Lipinski definition) is 6. The highest BCUT2D eigenvalue weighted by Gasteiger charge is 2.21. The van der Waals surface area contributed by atoms with Crippen molar-refractivity contribution >= 4 is 17.7 Å². The van der Waals surface area contributed by atoms with Crippen LogP contribution in [0.2, 0.25) is 0 Å². The van der Waals surface area contributed by atoms with Crippen molar-refractivity contribution in [2.45, 2.75) is 51.5 Å². The summed E-state index contributed by atoms with van der Waals surface area (Å²) in [6.45, 7) is 8.64. The standard InChI is InChI=1S/C17H25N5O2S/c1-12(2)22(13(3)4)16(23)11-25-17-18-19-20-21(17)10-14-6-8-15(24-5)9-7-14/h6-9,12-13H,10-11H2,1-5H3. The maximum absolute atomic E-state index is 12.5. The smallest absolute Gasteiger partial charge is 0.233 e. The minimum absolute atomic E-state index is 0.0917. The summed E-state index contributed by atoms with van der Waals surface area (Å²) < 4.78 is 6.86. The molecule has 1 heterocycles. The molecule has 0 saturated carbocycles. The van der Waals surface area contributed by atoms with Gasteiger partial charge in [-0.05, 0) is 55.8 Å². The number of rotatable bonds is 8. The molecule has 2 aromatic rings. The van der Waals surface area contributed by atoms with Gasteiger partial charge in [-0.2, -0.15) is 0 Å². The van der Waals surface area contributed by atoms with E-state index in [4.69, 9.17) is 4.74 Å². The summed E-state index contributed by atoms with van der Waals surface area (Å²) in [6.07, 6.45) is 0. The first-order chi connectivity index (χ1) is 11.9. The summed E-state index contributed by atoms with van der Waals surface area (Å²) >= 11 is 1.36. The minimum atomic E-state index is 0.0917. The van der Waals surface area contributed by atoms with E-state index in [0.717, 1.165) is 11.3 Å². The van der Waals surface area contributed by atoms with Crippen LogP contribution in [-0.4, -0.2) is 56.0 Å². The Morgan fingerprint density at radius 2 is 1.84 bits per heavy atom. The zero-order chi connectivity index (χ0) is 18.4. The summed E-state index contributed by atoms with van der Waals surface area (Å²) in [7, 11) is 1.64. The number of nitrogens with zero attached hydrogens (tertiary/aromatic N) is 5. The van der Waals surface area contributed by atoms with Crippen LogP contribution >= 0.6 is 11.8 Å². The van der Waals surface area contributed by atoms with Gasteiger partial charge in [0.25, 0.3) is 0 Å². The predicted octanol–water partition coefficient (Wildman–Crippen LogP) is 2.47. The minimum Gasteiger partial charge on any atom is -0.497 e. The van der Waals surface area contributed by atoms with E-state index in [1.54, 1.807) is 11.8 Å². The Bertz CT molecular complexity index is 677. The van der Waals surface area contributed by atoms with Gasteiger partial charge in [-0.15, -0.1) is 5.10 Å². The zero-order valence-corrected chi connectivity index (χ0v) is 16.2. The first-order valence-electron chi connectivity index (χ1n) is 8.25. The van der Waals surface area contributed by atoms with Crippen LogP contribution < -0.4 is 4.74 Å². The Labute approximate surface area is 152 Å². The van der Waals surface area contributed by atoms with Crippen molar-refractivity contribution in [1.29, 1.82) is 0 Å². The average molecular weight is 363 g/mol. The average Bonchev–Trinajstić information content (AvgIpc) is 3.00. The molecule has 0 saturated heterocycles. The number of tetrazole rings is 1. The molecule has 0 atom stereocenters. The largest absolute Gasteiger partial charge is 0.497 e. The van der Waals surface area contributed by atoms with E-state index in [9.17, 15) is 4.79 Å². The third-order valence-corrected chi connectivity index (χ3v) is 4.66. The highest BCUT2D eigenvalue weighted by Crippen LogP contribution is 2.18. The van der Waals surface area contributed by atoms with Gasteiger partial charge in [0, 0.05) is 12.1 Å². The van der Waals surface area contributed by atoms with Crippen LogP contribution in [0.5, 0.6) is 5.75 Å². The Hall–Kier alpha value is -2.09. The van der Waals surface area contributed by atoms with Crippen molar-refractivity contribution in [1.82, 2.24) is 25.1 Å². The number of carbonyl (C=O) groups is 1. The van der Waals surface area contributed by atoms with E-state index in [-0.39, 0.29) is 18.0 Å². The Kier molecular flexibility index (Phi) is 6.81. The van der Waals surface area contributed by atoms with Gasteiger partial charge in [0.15, 0.2) is 0 Å². The lowest BCUT2D eigenvalue weighted by Crippen LogP contribution is -2.43. The fraction of sp³-hybridized carbons (Fsp3) is 0.529. The summed E-state index contributed by atoms with van der Waals surface area (Å²) in [6, 6.07) is 8.09. The molecule has 1 aromatic carbocycles. The summed E-state index contributed by atoms with van der Waals surface area (Å²) in [4.78, 5) is 14.4. The number of ether oxygens (including phenoxy) is 1. The van der Waals surface area contributed by atoms with E-state index < -0.39 is 0 Å². The summed E-state index contributed by atoms with van der Waals surface area (Å²) in [5.74, 6) is 1.22. The van der Waals surface area contributed by atoms with Crippen molar-refractivity contribution in [2.75, 3.05) is 12.9 Å². The monoisotopic (exact) mass is 363 g/mol. The molecule has 0 spiro atoms. The SMILES string of the molecule is COc1ccc(Cn2nnnc2SCC(=O)N(C(C)C)C(C)C)cc1. The number of methoxy groups -OCH3 is 1. The zero-order valence-electron chi connectivity index (χ0n) is 15.3. The third-order valence-electron chi connectivity index (χ3n) is 3.72. The molecule has 8 heteroatoms. The lowest BCUT2D eigenvalue weighted by atomic mass is 10.2. The first-order valence-corrected chi connectivity index (χ1v) is 9.24. The Morgan fingerprint density at radius 3 is 2.40 bits per heavy atom. The second kappa shape index (κ2) is 8.84. The summed E-state index contributed by atoms with van der Waals surface area (Å²) in [5.41, 5.74) is 1.06. The third kappa shape index (κ3) is 5.19. The Morgan fingerprint density at radius 1 is 1.20 bits per heavy atom. The topological polar surface area (TPSA) is 73.1 Å². The van der Waals surface area contributed by atoms with Gasteiger partial charge in [-0.25, -0.2) is 4.68 Å². The molecule has 0 fully saturated rings. The molecule has 0 aliphatic carbocycles. The second-order valence-electron chi connectivity index (χ2n) is 6.24. The van der Waals surface area contributed by atoms with Crippen molar-refractivity contribution < 1.29 is 9.53 Å². The van der Waals surface area contributed by atoms with Crippen LogP contribution in [0.4, 0.5) is 0 Å². The molecule has 2 rings (SSSR count). The number of benzene rings is 1. The number of hydrogen-bond donors (Lipinski definition) is 0. The fourth-order valence-electron chi connectivity index (χ4n) is 2.68. The molecule has 1 amide bonds. The Balaban J connectivity index is 2.00. The molecule has 0 bridgehead atoms. The van der Waals surface area contributed by atoms with Gasteiger partial charge >= 0.3 is 0 Å². The fourth-order valence-corrected chi connectivity index (χ4v) is 3.42. The maximum atomic E-state index is 12.5. The number of thioether (sulfide) groups is 1. The van der Waals surface area contributed by atoms with E-state index in [0.29, 0.717) is 17.5 Å². The van der Waals surface area contributed by atoms with Crippen LogP contribution in [0.1, 0.15) is 33.3 Å².